The number of carbonyl (C=O) groups excluding carboxylic acids is 2. The van der Waals surface area contributed by atoms with Crippen molar-refractivity contribution >= 4 is 29.2 Å². The van der Waals surface area contributed by atoms with Gasteiger partial charge in [0, 0.05) is 17.3 Å². The molecular formula is C20H19ClN2O4. The van der Waals surface area contributed by atoms with Crippen LogP contribution < -0.4 is 9.64 Å². The molecular weight excluding hydrogens is 368 g/mol. The van der Waals surface area contributed by atoms with Gasteiger partial charge in [0.2, 0.25) is 0 Å². The Hall–Kier alpha value is -3.04. The van der Waals surface area contributed by atoms with Gasteiger partial charge in [-0.05, 0) is 37.3 Å². The Morgan fingerprint density at radius 2 is 1.89 bits per heavy atom. The summed E-state index contributed by atoms with van der Waals surface area (Å²) in [7, 11) is 1.42. The Kier molecular flexibility index (Phi) is 7.21. The smallest absolute Gasteiger partial charge is 0.342 e. The van der Waals surface area contributed by atoms with Crippen molar-refractivity contribution in [3.05, 3.63) is 58.6 Å². The molecule has 1 amide bonds. The number of nitriles is 1. The molecule has 0 aliphatic heterocycles. The largest absolute Gasteiger partial charge is 0.496 e. The number of ether oxygens (including phenoxy) is 2. The molecule has 140 valence electrons. The molecule has 0 heterocycles. The second-order valence-electron chi connectivity index (χ2n) is 5.71. The Bertz CT molecular complexity index is 859. The first kappa shape index (κ1) is 20.3. The molecule has 0 aliphatic rings. The van der Waals surface area contributed by atoms with E-state index in [0.29, 0.717) is 16.5 Å². The number of nitrogens with zero attached hydrogens (tertiary/aromatic N) is 2. The van der Waals surface area contributed by atoms with E-state index < -0.39 is 18.5 Å². The molecule has 2 rings (SSSR count). The number of hydrogen-bond acceptors (Lipinski definition) is 5. The lowest BCUT2D eigenvalue weighted by Gasteiger charge is -2.22. The van der Waals surface area contributed by atoms with Gasteiger partial charge in [0.1, 0.15) is 11.3 Å². The topological polar surface area (TPSA) is 79.6 Å². The fraction of sp³-hybridized carbons (Fsp3) is 0.250. The fourth-order valence-electron chi connectivity index (χ4n) is 2.41. The molecule has 2 aromatic carbocycles. The van der Waals surface area contributed by atoms with E-state index in [4.69, 9.17) is 26.3 Å². The maximum absolute atomic E-state index is 12.6. The van der Waals surface area contributed by atoms with Gasteiger partial charge < -0.3 is 14.4 Å². The Balaban J connectivity index is 2.11. The van der Waals surface area contributed by atoms with Gasteiger partial charge in [-0.15, -0.1) is 0 Å². The predicted octanol–water partition coefficient (Wildman–Crippen LogP) is 3.76. The van der Waals surface area contributed by atoms with Crippen molar-refractivity contribution in [3.8, 4) is 11.8 Å². The van der Waals surface area contributed by atoms with E-state index in [-0.39, 0.29) is 18.5 Å². The molecule has 0 N–H and O–H groups in total. The van der Waals surface area contributed by atoms with Crippen molar-refractivity contribution in [1.29, 1.82) is 5.26 Å². The maximum Gasteiger partial charge on any atom is 0.342 e. The van der Waals surface area contributed by atoms with Crippen molar-refractivity contribution in [2.24, 2.45) is 0 Å². The molecule has 0 radical (unpaired) electrons. The number of methoxy groups -OCH3 is 1. The molecule has 2 aromatic rings. The van der Waals surface area contributed by atoms with Crippen LogP contribution in [-0.4, -0.2) is 32.1 Å². The molecule has 0 atom stereocenters. The molecule has 0 bridgehead atoms. The van der Waals surface area contributed by atoms with Gasteiger partial charge >= 0.3 is 5.97 Å². The summed E-state index contributed by atoms with van der Waals surface area (Å²) in [6, 6.07) is 13.9. The minimum Gasteiger partial charge on any atom is -0.496 e. The summed E-state index contributed by atoms with van der Waals surface area (Å²) < 4.78 is 10.3. The van der Waals surface area contributed by atoms with Gasteiger partial charge in [-0.3, -0.25) is 4.79 Å². The summed E-state index contributed by atoms with van der Waals surface area (Å²) in [4.78, 5) is 26.3. The average molecular weight is 387 g/mol. The van der Waals surface area contributed by atoms with Crippen LogP contribution in [0.2, 0.25) is 5.02 Å². The number of hydrogen-bond donors (Lipinski definition) is 0. The summed E-state index contributed by atoms with van der Waals surface area (Å²) in [5, 5.41) is 9.19. The lowest BCUT2D eigenvalue weighted by Crippen LogP contribution is -2.35. The maximum atomic E-state index is 12.6. The van der Waals surface area contributed by atoms with E-state index in [1.807, 2.05) is 25.1 Å². The molecule has 0 spiro atoms. The zero-order valence-electron chi connectivity index (χ0n) is 15.1. The zero-order valence-corrected chi connectivity index (χ0v) is 15.8. The highest BCUT2D eigenvalue weighted by Crippen LogP contribution is 2.23. The number of amides is 1. The van der Waals surface area contributed by atoms with Crippen molar-refractivity contribution in [2.45, 2.75) is 13.3 Å². The number of halogens is 1. The third-order valence-corrected chi connectivity index (χ3v) is 4.04. The normalized spacial score (nSPS) is 10.0. The average Bonchev–Trinajstić information content (AvgIpc) is 2.67. The number of benzene rings is 2. The second-order valence-corrected chi connectivity index (χ2v) is 6.15. The predicted molar refractivity (Wildman–Crippen MR) is 102 cm³/mol. The highest BCUT2D eigenvalue weighted by atomic mass is 35.5. The summed E-state index contributed by atoms with van der Waals surface area (Å²) in [5.41, 5.74) is 1.82. The lowest BCUT2D eigenvalue weighted by atomic mass is 10.2. The van der Waals surface area contributed by atoms with Gasteiger partial charge in [0.25, 0.3) is 5.91 Å². The van der Waals surface area contributed by atoms with Crippen LogP contribution in [0, 0.1) is 18.3 Å². The fourth-order valence-corrected chi connectivity index (χ4v) is 2.58. The highest BCUT2D eigenvalue weighted by molar-refractivity contribution is 6.31. The Morgan fingerprint density at radius 3 is 2.52 bits per heavy atom. The van der Waals surface area contributed by atoms with E-state index in [2.05, 4.69) is 0 Å². The summed E-state index contributed by atoms with van der Waals surface area (Å²) >= 11 is 5.91. The summed E-state index contributed by atoms with van der Waals surface area (Å²) in [5.74, 6) is -0.841. The minimum atomic E-state index is -0.716. The summed E-state index contributed by atoms with van der Waals surface area (Å²) in [6.45, 7) is 1.68. The first-order valence-corrected chi connectivity index (χ1v) is 8.58. The van der Waals surface area contributed by atoms with E-state index in [1.54, 1.807) is 24.3 Å². The quantitative estimate of drug-likeness (QED) is 0.677. The number of anilines is 1. The van der Waals surface area contributed by atoms with E-state index in [0.717, 1.165) is 5.56 Å². The minimum absolute atomic E-state index is 0.136. The van der Waals surface area contributed by atoms with Gasteiger partial charge in [0.15, 0.2) is 6.61 Å². The molecule has 0 saturated carbocycles. The molecule has 0 saturated heterocycles. The Labute approximate surface area is 162 Å². The van der Waals surface area contributed by atoms with Crippen LogP contribution in [0.25, 0.3) is 0 Å². The van der Waals surface area contributed by atoms with E-state index in [1.165, 1.54) is 18.1 Å². The molecule has 0 aromatic heterocycles. The molecule has 7 heteroatoms. The van der Waals surface area contributed by atoms with Gasteiger partial charge in [-0.1, -0.05) is 29.3 Å². The van der Waals surface area contributed by atoms with E-state index >= 15 is 0 Å². The van der Waals surface area contributed by atoms with Crippen LogP contribution in [0.15, 0.2) is 42.5 Å². The molecule has 0 aliphatic carbocycles. The molecule has 6 nitrogen and oxygen atoms in total. The van der Waals surface area contributed by atoms with Crippen molar-refractivity contribution in [2.75, 3.05) is 25.2 Å². The highest BCUT2D eigenvalue weighted by Gasteiger charge is 2.20. The van der Waals surface area contributed by atoms with Crippen LogP contribution in [0.5, 0.6) is 5.75 Å². The third kappa shape index (κ3) is 5.47. The molecule has 27 heavy (non-hydrogen) atoms. The lowest BCUT2D eigenvalue weighted by molar-refractivity contribution is -0.121. The SMILES string of the molecule is COc1ccc(Cl)cc1C(=O)OCC(=O)N(CCC#N)c1ccc(C)cc1. The van der Waals surface area contributed by atoms with Crippen LogP contribution in [0.1, 0.15) is 22.3 Å². The van der Waals surface area contributed by atoms with Crippen molar-refractivity contribution in [3.63, 3.8) is 0 Å². The van der Waals surface area contributed by atoms with Crippen LogP contribution in [0.4, 0.5) is 5.69 Å². The molecule has 0 unspecified atom stereocenters. The summed E-state index contributed by atoms with van der Waals surface area (Å²) in [6.07, 6.45) is 0.162. The van der Waals surface area contributed by atoms with Crippen LogP contribution in [0.3, 0.4) is 0 Å². The Morgan fingerprint density at radius 1 is 1.19 bits per heavy atom. The molecule has 0 fully saturated rings. The number of carbonyl (C=O) groups is 2. The zero-order chi connectivity index (χ0) is 19.8. The van der Waals surface area contributed by atoms with Gasteiger partial charge in [0.05, 0.1) is 19.6 Å². The van der Waals surface area contributed by atoms with Crippen molar-refractivity contribution in [1.82, 2.24) is 0 Å². The first-order chi connectivity index (χ1) is 13.0. The third-order valence-electron chi connectivity index (χ3n) is 3.80. The monoisotopic (exact) mass is 386 g/mol. The van der Waals surface area contributed by atoms with E-state index in [9.17, 15) is 9.59 Å². The van der Waals surface area contributed by atoms with Gasteiger partial charge in [-0.25, -0.2) is 4.79 Å². The van der Waals surface area contributed by atoms with Crippen molar-refractivity contribution < 1.29 is 19.1 Å². The number of esters is 1. The van der Waals surface area contributed by atoms with Crippen LogP contribution in [-0.2, 0) is 9.53 Å². The second kappa shape index (κ2) is 9.60. The van der Waals surface area contributed by atoms with Crippen LogP contribution >= 0.6 is 11.6 Å². The standard InChI is InChI=1S/C20H19ClN2O4/c1-14-4-7-16(8-5-14)23(11-3-10-22)19(24)13-27-20(25)17-12-15(21)6-9-18(17)26-2/h4-9,12H,3,11,13H2,1-2H3. The number of aryl methyl sites for hydroxylation is 1. The first-order valence-electron chi connectivity index (χ1n) is 8.21. The van der Waals surface area contributed by atoms with Gasteiger partial charge in [-0.2, -0.15) is 5.26 Å². The number of rotatable bonds is 7.